The van der Waals surface area contributed by atoms with Crippen LogP contribution in [0, 0.1) is 0 Å². The lowest BCUT2D eigenvalue weighted by Crippen LogP contribution is -2.34. The number of carboxylic acids is 1. The van der Waals surface area contributed by atoms with E-state index in [0.29, 0.717) is 31.3 Å². The van der Waals surface area contributed by atoms with Crippen molar-refractivity contribution in [3.63, 3.8) is 0 Å². The second kappa shape index (κ2) is 7.32. The molecule has 0 bridgehead atoms. The summed E-state index contributed by atoms with van der Waals surface area (Å²) >= 11 is 0. The van der Waals surface area contributed by atoms with E-state index in [-0.39, 0.29) is 11.7 Å². The Morgan fingerprint density at radius 2 is 2.15 bits per heavy atom. The molecule has 0 amide bonds. The van der Waals surface area contributed by atoms with Crippen LogP contribution in [0.3, 0.4) is 0 Å². The Bertz CT molecular complexity index is 948. The van der Waals surface area contributed by atoms with Crippen LogP contribution in [0.5, 0.6) is 0 Å². The van der Waals surface area contributed by atoms with E-state index in [9.17, 15) is 9.90 Å². The summed E-state index contributed by atoms with van der Waals surface area (Å²) in [5, 5.41) is 25.3. The number of benzene rings is 1. The van der Waals surface area contributed by atoms with Gasteiger partial charge in [0.15, 0.2) is 5.69 Å². The molecule has 0 saturated carbocycles. The first-order valence-corrected chi connectivity index (χ1v) is 9.08. The standard InChI is InChI=1S/C19H21N5O3/c1-2-24-15-9-8-13(10-14(15)17(23-24)19(25)26)20-11-16-21-22-18(27-16)12-6-4-3-5-7-12/h3-7,13,20H,2,8-11H2,1H3,(H,25,26). The van der Waals surface area contributed by atoms with Crippen molar-refractivity contribution in [3.05, 3.63) is 53.2 Å². The number of aromatic carboxylic acids is 1. The fourth-order valence-electron chi connectivity index (χ4n) is 3.55. The number of rotatable bonds is 6. The lowest BCUT2D eigenvalue weighted by molar-refractivity contribution is 0.0688. The van der Waals surface area contributed by atoms with Gasteiger partial charge in [0, 0.05) is 29.4 Å². The number of aromatic nitrogens is 4. The number of aryl methyl sites for hydroxylation is 1. The normalized spacial score (nSPS) is 16.3. The average molecular weight is 367 g/mol. The second-order valence-electron chi connectivity index (χ2n) is 6.58. The zero-order valence-corrected chi connectivity index (χ0v) is 15.1. The van der Waals surface area contributed by atoms with Crippen LogP contribution in [-0.4, -0.2) is 37.1 Å². The zero-order chi connectivity index (χ0) is 18.8. The van der Waals surface area contributed by atoms with Gasteiger partial charge in [0.25, 0.3) is 0 Å². The van der Waals surface area contributed by atoms with E-state index in [1.54, 1.807) is 4.68 Å². The van der Waals surface area contributed by atoms with Gasteiger partial charge in [-0.05, 0) is 38.3 Å². The van der Waals surface area contributed by atoms with Crippen LogP contribution in [0.25, 0.3) is 11.5 Å². The van der Waals surface area contributed by atoms with Crippen molar-refractivity contribution in [2.45, 2.75) is 45.3 Å². The van der Waals surface area contributed by atoms with E-state index in [1.165, 1.54) is 0 Å². The summed E-state index contributed by atoms with van der Waals surface area (Å²) < 4.78 is 7.52. The first-order valence-electron chi connectivity index (χ1n) is 9.08. The van der Waals surface area contributed by atoms with Gasteiger partial charge < -0.3 is 14.8 Å². The molecule has 8 nitrogen and oxygen atoms in total. The number of hydrogen-bond acceptors (Lipinski definition) is 6. The van der Waals surface area contributed by atoms with Crippen LogP contribution in [0.1, 0.15) is 41.0 Å². The predicted octanol–water partition coefficient (Wildman–Crippen LogP) is 2.30. The van der Waals surface area contributed by atoms with Crippen LogP contribution in [-0.2, 0) is 25.9 Å². The van der Waals surface area contributed by atoms with Gasteiger partial charge in [-0.2, -0.15) is 5.10 Å². The van der Waals surface area contributed by atoms with E-state index in [4.69, 9.17) is 4.42 Å². The molecule has 1 unspecified atom stereocenters. The molecule has 1 aliphatic carbocycles. The van der Waals surface area contributed by atoms with Gasteiger partial charge in [-0.3, -0.25) is 4.68 Å². The molecule has 2 aromatic heterocycles. The lowest BCUT2D eigenvalue weighted by Gasteiger charge is -2.23. The van der Waals surface area contributed by atoms with Crippen molar-refractivity contribution < 1.29 is 14.3 Å². The zero-order valence-electron chi connectivity index (χ0n) is 15.1. The quantitative estimate of drug-likeness (QED) is 0.688. The molecule has 0 spiro atoms. The Labute approximate surface area is 156 Å². The minimum Gasteiger partial charge on any atom is -0.476 e. The summed E-state index contributed by atoms with van der Waals surface area (Å²) in [7, 11) is 0. The van der Waals surface area contributed by atoms with E-state index in [0.717, 1.165) is 29.7 Å². The number of carbonyl (C=O) groups is 1. The predicted molar refractivity (Wildman–Crippen MR) is 97.2 cm³/mol. The number of nitrogens with one attached hydrogen (secondary N) is 1. The monoisotopic (exact) mass is 367 g/mol. The summed E-state index contributed by atoms with van der Waals surface area (Å²) in [5.41, 5.74) is 2.93. The van der Waals surface area contributed by atoms with Crippen LogP contribution in [0.4, 0.5) is 0 Å². The maximum Gasteiger partial charge on any atom is 0.356 e. The third-order valence-corrected chi connectivity index (χ3v) is 4.88. The summed E-state index contributed by atoms with van der Waals surface area (Å²) in [6.45, 7) is 3.10. The largest absolute Gasteiger partial charge is 0.476 e. The number of nitrogens with zero attached hydrogens (tertiary/aromatic N) is 4. The van der Waals surface area contributed by atoms with Crippen LogP contribution in [0.15, 0.2) is 34.7 Å². The Kier molecular flexibility index (Phi) is 4.72. The van der Waals surface area contributed by atoms with Gasteiger partial charge in [-0.25, -0.2) is 4.79 Å². The first kappa shape index (κ1) is 17.4. The SMILES string of the molecule is CCn1nc(C(=O)O)c2c1CCC(NCc1nnc(-c3ccccc3)o1)C2. The topological polar surface area (TPSA) is 106 Å². The molecule has 1 aromatic carbocycles. The molecule has 1 aliphatic rings. The molecule has 140 valence electrons. The molecule has 27 heavy (non-hydrogen) atoms. The molecule has 4 rings (SSSR count). The van der Waals surface area contributed by atoms with Gasteiger partial charge in [0.05, 0.1) is 6.54 Å². The molecular formula is C19H21N5O3. The number of carboxylic acid groups (broad SMARTS) is 1. The van der Waals surface area contributed by atoms with Crippen molar-refractivity contribution >= 4 is 5.97 Å². The highest BCUT2D eigenvalue weighted by atomic mass is 16.4. The van der Waals surface area contributed by atoms with Gasteiger partial charge in [-0.1, -0.05) is 18.2 Å². The summed E-state index contributed by atoms with van der Waals surface area (Å²) in [5.74, 6) is 0.0431. The summed E-state index contributed by atoms with van der Waals surface area (Å²) in [6, 6.07) is 9.78. The average Bonchev–Trinajstić information content (AvgIpc) is 3.31. The Morgan fingerprint density at radius 3 is 2.89 bits per heavy atom. The Balaban J connectivity index is 1.43. The second-order valence-corrected chi connectivity index (χ2v) is 6.58. The van der Waals surface area contributed by atoms with E-state index in [1.807, 2.05) is 37.3 Å². The summed E-state index contributed by atoms with van der Waals surface area (Å²) in [6.07, 6.45) is 2.36. The van der Waals surface area contributed by atoms with Crippen LogP contribution in [0.2, 0.25) is 0 Å². The lowest BCUT2D eigenvalue weighted by atomic mass is 9.91. The van der Waals surface area contributed by atoms with Gasteiger partial charge in [-0.15, -0.1) is 10.2 Å². The highest BCUT2D eigenvalue weighted by molar-refractivity contribution is 5.87. The van der Waals surface area contributed by atoms with Crippen molar-refractivity contribution in [2.75, 3.05) is 0 Å². The number of hydrogen-bond donors (Lipinski definition) is 2. The number of fused-ring (bicyclic) bond motifs is 1. The molecule has 0 aliphatic heterocycles. The van der Waals surface area contributed by atoms with Crippen molar-refractivity contribution in [1.82, 2.24) is 25.3 Å². The molecule has 2 heterocycles. The third-order valence-electron chi connectivity index (χ3n) is 4.88. The minimum absolute atomic E-state index is 0.150. The molecule has 2 N–H and O–H groups in total. The van der Waals surface area contributed by atoms with E-state index >= 15 is 0 Å². The minimum atomic E-state index is -0.969. The fraction of sp³-hybridized carbons (Fsp3) is 0.368. The summed E-state index contributed by atoms with van der Waals surface area (Å²) in [4.78, 5) is 11.5. The first-order chi connectivity index (χ1) is 13.2. The molecule has 0 radical (unpaired) electrons. The van der Waals surface area contributed by atoms with Gasteiger partial charge >= 0.3 is 5.97 Å². The van der Waals surface area contributed by atoms with Crippen molar-refractivity contribution in [2.24, 2.45) is 0 Å². The van der Waals surface area contributed by atoms with Crippen molar-refractivity contribution in [1.29, 1.82) is 0 Å². The van der Waals surface area contributed by atoms with E-state index < -0.39 is 5.97 Å². The van der Waals surface area contributed by atoms with Gasteiger partial charge in [0.1, 0.15) is 0 Å². The Morgan fingerprint density at radius 1 is 1.33 bits per heavy atom. The van der Waals surface area contributed by atoms with Crippen LogP contribution >= 0.6 is 0 Å². The highest BCUT2D eigenvalue weighted by Gasteiger charge is 2.28. The fourth-order valence-corrected chi connectivity index (χ4v) is 3.55. The maximum atomic E-state index is 11.5. The molecule has 3 aromatic rings. The van der Waals surface area contributed by atoms with Gasteiger partial charge in [0.2, 0.25) is 11.8 Å². The molecule has 0 saturated heterocycles. The molecule has 0 fully saturated rings. The molecule has 1 atom stereocenters. The smallest absolute Gasteiger partial charge is 0.356 e. The van der Waals surface area contributed by atoms with Crippen molar-refractivity contribution in [3.8, 4) is 11.5 Å². The maximum absolute atomic E-state index is 11.5. The Hall–Kier alpha value is -3.00. The van der Waals surface area contributed by atoms with Crippen LogP contribution < -0.4 is 5.32 Å². The molecular weight excluding hydrogens is 346 g/mol. The third kappa shape index (κ3) is 3.48. The van der Waals surface area contributed by atoms with E-state index in [2.05, 4.69) is 20.6 Å². The molecule has 8 heteroatoms. The highest BCUT2D eigenvalue weighted by Crippen LogP contribution is 2.25.